The van der Waals surface area contributed by atoms with Crippen molar-refractivity contribution in [3.8, 4) is 0 Å². The second kappa shape index (κ2) is 9.28. The first-order valence-electron chi connectivity index (χ1n) is 8.47. The molecule has 8 heteroatoms. The molecule has 0 saturated carbocycles. The van der Waals surface area contributed by atoms with Crippen molar-refractivity contribution in [3.63, 3.8) is 0 Å². The van der Waals surface area contributed by atoms with E-state index in [1.807, 2.05) is 30.3 Å². The molecule has 1 saturated heterocycles. The fourth-order valence-corrected chi connectivity index (χ4v) is 3.87. The Bertz CT molecular complexity index is 638. The largest absolute Gasteiger partial charge is 0.384 e. The highest BCUT2D eigenvalue weighted by Gasteiger charge is 2.39. The summed E-state index contributed by atoms with van der Waals surface area (Å²) in [6, 6.07) is 9.31. The van der Waals surface area contributed by atoms with Crippen LogP contribution in [0.15, 0.2) is 30.3 Å². The summed E-state index contributed by atoms with van der Waals surface area (Å²) in [4.78, 5) is 12.5. The van der Waals surface area contributed by atoms with Gasteiger partial charge in [-0.25, -0.2) is 13.1 Å². The van der Waals surface area contributed by atoms with Crippen molar-refractivity contribution >= 4 is 15.9 Å². The molecular weight excluding hydrogens is 342 g/mol. The van der Waals surface area contributed by atoms with Crippen molar-refractivity contribution < 1.29 is 17.9 Å². The summed E-state index contributed by atoms with van der Waals surface area (Å²) in [5.74, 6) is -0.276. The highest BCUT2D eigenvalue weighted by atomic mass is 32.2. The molecule has 3 N–H and O–H groups in total. The standard InChI is InChI=1S/C17H27N3O4S/c1-24-14-17(7-9-18-10-8-17)16(21)19-11-12-25(22,23)20-13-15-5-3-2-4-6-15/h2-6,18,20H,7-14H2,1H3,(H,19,21). The number of hydrogen-bond acceptors (Lipinski definition) is 5. The lowest BCUT2D eigenvalue weighted by molar-refractivity contribution is -0.136. The Balaban J connectivity index is 1.80. The Morgan fingerprint density at radius 1 is 1.24 bits per heavy atom. The van der Waals surface area contributed by atoms with Crippen LogP contribution in [0.25, 0.3) is 0 Å². The molecule has 0 aromatic heterocycles. The van der Waals surface area contributed by atoms with Gasteiger partial charge in [-0.1, -0.05) is 30.3 Å². The molecule has 0 spiro atoms. The van der Waals surface area contributed by atoms with Gasteiger partial charge in [-0.2, -0.15) is 0 Å². The zero-order valence-electron chi connectivity index (χ0n) is 14.6. The summed E-state index contributed by atoms with van der Waals surface area (Å²) < 4.78 is 31.9. The number of nitrogens with one attached hydrogen (secondary N) is 3. The van der Waals surface area contributed by atoms with Gasteiger partial charge in [-0.3, -0.25) is 4.79 Å². The highest BCUT2D eigenvalue weighted by molar-refractivity contribution is 7.89. The minimum atomic E-state index is -3.45. The summed E-state index contributed by atoms with van der Waals surface area (Å²) >= 11 is 0. The van der Waals surface area contributed by atoms with Crippen LogP contribution < -0.4 is 15.4 Å². The number of carbonyl (C=O) groups excluding carboxylic acids is 1. The number of ether oxygens (including phenoxy) is 1. The predicted molar refractivity (Wildman–Crippen MR) is 96.5 cm³/mol. The molecule has 0 bridgehead atoms. The molecule has 1 aromatic carbocycles. The van der Waals surface area contributed by atoms with Crippen molar-refractivity contribution in [2.75, 3.05) is 39.1 Å². The highest BCUT2D eigenvalue weighted by Crippen LogP contribution is 2.29. The van der Waals surface area contributed by atoms with Gasteiger partial charge in [0.05, 0.1) is 17.8 Å². The summed E-state index contributed by atoms with van der Waals surface area (Å²) in [6.07, 6.45) is 1.37. The van der Waals surface area contributed by atoms with E-state index in [1.165, 1.54) is 0 Å². The Morgan fingerprint density at radius 3 is 2.56 bits per heavy atom. The molecule has 0 atom stereocenters. The van der Waals surface area contributed by atoms with E-state index in [0.717, 1.165) is 18.7 Å². The number of piperidine rings is 1. The SMILES string of the molecule is COCC1(C(=O)NCCS(=O)(=O)NCc2ccccc2)CCNCC1. The maximum Gasteiger partial charge on any atom is 0.228 e. The van der Waals surface area contributed by atoms with Crippen LogP contribution in [0.3, 0.4) is 0 Å². The third-order valence-corrected chi connectivity index (χ3v) is 5.78. The lowest BCUT2D eigenvalue weighted by Gasteiger charge is -2.35. The van der Waals surface area contributed by atoms with Crippen molar-refractivity contribution in [1.29, 1.82) is 0 Å². The van der Waals surface area contributed by atoms with Gasteiger partial charge in [0.1, 0.15) is 0 Å². The third-order valence-electron chi connectivity index (χ3n) is 4.46. The molecule has 1 fully saturated rings. The van der Waals surface area contributed by atoms with Crippen LogP contribution in [0.1, 0.15) is 18.4 Å². The Labute approximate surface area is 149 Å². The predicted octanol–water partition coefficient (Wildman–Crippen LogP) is 0.238. The Morgan fingerprint density at radius 2 is 1.92 bits per heavy atom. The third kappa shape index (κ3) is 6.07. The van der Waals surface area contributed by atoms with E-state index < -0.39 is 15.4 Å². The number of rotatable bonds is 9. The minimum absolute atomic E-state index is 0.0852. The van der Waals surface area contributed by atoms with Gasteiger partial charge in [-0.05, 0) is 31.5 Å². The molecular formula is C17H27N3O4S. The van der Waals surface area contributed by atoms with Crippen molar-refractivity contribution in [3.05, 3.63) is 35.9 Å². The van der Waals surface area contributed by atoms with Crippen molar-refractivity contribution in [2.24, 2.45) is 5.41 Å². The van der Waals surface area contributed by atoms with Crippen LogP contribution >= 0.6 is 0 Å². The molecule has 25 heavy (non-hydrogen) atoms. The van der Waals surface area contributed by atoms with E-state index in [1.54, 1.807) is 7.11 Å². The van der Waals surface area contributed by atoms with Gasteiger partial charge in [0.15, 0.2) is 0 Å². The molecule has 140 valence electrons. The van der Waals surface area contributed by atoms with E-state index in [4.69, 9.17) is 4.74 Å². The van der Waals surface area contributed by atoms with Gasteiger partial charge in [-0.15, -0.1) is 0 Å². The number of hydrogen-bond donors (Lipinski definition) is 3. The maximum absolute atomic E-state index is 12.5. The number of benzene rings is 1. The topological polar surface area (TPSA) is 96.5 Å². The molecule has 1 aliphatic heterocycles. The average molecular weight is 369 g/mol. The lowest BCUT2D eigenvalue weighted by atomic mass is 9.78. The molecule has 1 aliphatic rings. The van der Waals surface area contributed by atoms with E-state index in [0.29, 0.717) is 19.4 Å². The van der Waals surface area contributed by atoms with Crippen LogP contribution in [0.5, 0.6) is 0 Å². The van der Waals surface area contributed by atoms with Gasteiger partial charge < -0.3 is 15.4 Å². The fraction of sp³-hybridized carbons (Fsp3) is 0.588. The maximum atomic E-state index is 12.5. The quantitative estimate of drug-likeness (QED) is 0.579. The second-order valence-corrected chi connectivity index (χ2v) is 8.27. The number of amides is 1. The first-order chi connectivity index (χ1) is 12.0. The molecule has 2 rings (SSSR count). The number of sulfonamides is 1. The molecule has 1 aromatic rings. The zero-order valence-corrected chi connectivity index (χ0v) is 15.4. The summed E-state index contributed by atoms with van der Waals surface area (Å²) in [5, 5.41) is 5.99. The van der Waals surface area contributed by atoms with Crippen molar-refractivity contribution in [1.82, 2.24) is 15.4 Å². The second-order valence-electron chi connectivity index (χ2n) is 6.34. The number of methoxy groups -OCH3 is 1. The van der Waals surface area contributed by atoms with Crippen molar-refractivity contribution in [2.45, 2.75) is 19.4 Å². The van der Waals surface area contributed by atoms with E-state index in [2.05, 4.69) is 15.4 Å². The van der Waals surface area contributed by atoms with E-state index in [9.17, 15) is 13.2 Å². The van der Waals surface area contributed by atoms with Crippen LogP contribution in [0, 0.1) is 5.41 Å². The molecule has 1 heterocycles. The Kier molecular flexibility index (Phi) is 7.37. The lowest BCUT2D eigenvalue weighted by Crippen LogP contribution is -2.51. The monoisotopic (exact) mass is 369 g/mol. The Hall–Kier alpha value is -1.48. The van der Waals surface area contributed by atoms with Gasteiger partial charge in [0.25, 0.3) is 0 Å². The van der Waals surface area contributed by atoms with Gasteiger partial charge in [0, 0.05) is 20.2 Å². The van der Waals surface area contributed by atoms with Crippen LogP contribution in [0.4, 0.5) is 0 Å². The normalized spacial score (nSPS) is 17.2. The fourth-order valence-electron chi connectivity index (χ4n) is 2.97. The van der Waals surface area contributed by atoms with E-state index >= 15 is 0 Å². The smallest absolute Gasteiger partial charge is 0.228 e. The summed E-state index contributed by atoms with van der Waals surface area (Å²) in [7, 11) is -1.87. The average Bonchev–Trinajstić information content (AvgIpc) is 2.62. The molecule has 7 nitrogen and oxygen atoms in total. The van der Waals surface area contributed by atoms with Crippen LogP contribution in [-0.4, -0.2) is 53.4 Å². The van der Waals surface area contributed by atoms with E-state index in [-0.39, 0.29) is 24.7 Å². The molecule has 0 radical (unpaired) electrons. The minimum Gasteiger partial charge on any atom is -0.384 e. The van der Waals surface area contributed by atoms with Crippen LogP contribution in [0.2, 0.25) is 0 Å². The zero-order chi connectivity index (χ0) is 18.2. The first kappa shape index (κ1) is 19.8. The summed E-state index contributed by atoms with van der Waals surface area (Å²) in [5.41, 5.74) is 0.324. The first-order valence-corrected chi connectivity index (χ1v) is 10.1. The van der Waals surface area contributed by atoms with Gasteiger partial charge >= 0.3 is 0 Å². The van der Waals surface area contributed by atoms with Gasteiger partial charge in [0.2, 0.25) is 15.9 Å². The number of carbonyl (C=O) groups is 1. The van der Waals surface area contributed by atoms with Crippen LogP contribution in [-0.2, 0) is 26.1 Å². The molecule has 0 unspecified atom stereocenters. The molecule has 1 amide bonds. The molecule has 0 aliphatic carbocycles. The summed E-state index contributed by atoms with van der Waals surface area (Å²) in [6.45, 7) is 2.19.